The second-order valence-corrected chi connectivity index (χ2v) is 2.26. The fourth-order valence-electron chi connectivity index (χ4n) is 0.229. The molecule has 9 heavy (non-hydrogen) atoms. The van der Waals surface area contributed by atoms with Crippen molar-refractivity contribution in [2.75, 3.05) is 6.54 Å². The van der Waals surface area contributed by atoms with E-state index in [4.69, 9.17) is 18.0 Å². The zero-order valence-electron chi connectivity index (χ0n) is 5.05. The van der Waals surface area contributed by atoms with Gasteiger partial charge in [0, 0.05) is 0 Å². The summed E-state index contributed by atoms with van der Waals surface area (Å²) in [6.45, 7) is 2.09. The molecule has 0 bridgehead atoms. The van der Waals surface area contributed by atoms with Gasteiger partial charge in [0.2, 0.25) is 0 Å². The van der Waals surface area contributed by atoms with Crippen LogP contribution < -0.4 is 5.73 Å². The molecular formula is C5H7N2S2+. The van der Waals surface area contributed by atoms with Crippen LogP contribution in [0.2, 0.25) is 0 Å². The van der Waals surface area contributed by atoms with Crippen LogP contribution in [-0.4, -0.2) is 16.4 Å². The minimum absolute atomic E-state index is 0.254. The zero-order valence-corrected chi connectivity index (χ0v) is 6.68. The summed E-state index contributed by atoms with van der Waals surface area (Å²) in [4.78, 5) is 4.50. The van der Waals surface area contributed by atoms with Crippen LogP contribution in [0.1, 0.15) is 6.92 Å². The van der Waals surface area contributed by atoms with E-state index in [1.54, 1.807) is 6.92 Å². The fourth-order valence-corrected chi connectivity index (χ4v) is 0.358. The average molecular weight is 159 g/mol. The Hall–Kier alpha value is -0.530. The summed E-state index contributed by atoms with van der Waals surface area (Å²) >= 11 is 9.32. The third kappa shape index (κ3) is 4.01. The van der Waals surface area contributed by atoms with Crippen LogP contribution in [0, 0.1) is 6.07 Å². The molecule has 0 fully saturated rings. The molecule has 48 valence electrons. The standard InChI is InChI=1S/C5H6N2S2/c1-2-7-3-4(8)5(6)9/h3H2,1H3,(H-,6,9)/p+1. The van der Waals surface area contributed by atoms with Crippen molar-refractivity contribution in [3.8, 4) is 6.07 Å². The van der Waals surface area contributed by atoms with Crippen molar-refractivity contribution in [3.05, 3.63) is 4.85 Å². The largest absolute Gasteiger partial charge is 0.389 e. The molecule has 0 heterocycles. The maximum absolute atomic E-state index is 5.18. The Kier molecular flexibility index (Phi) is 4.10. The molecule has 0 aromatic carbocycles. The molecule has 2 nitrogen and oxygen atoms in total. The van der Waals surface area contributed by atoms with E-state index in [9.17, 15) is 0 Å². The Morgan fingerprint density at radius 3 is 2.56 bits per heavy atom. The molecule has 0 radical (unpaired) electrons. The molecule has 0 aliphatic rings. The Morgan fingerprint density at radius 1 is 1.67 bits per heavy atom. The van der Waals surface area contributed by atoms with Gasteiger partial charge in [0.1, 0.15) is 9.85 Å². The molecule has 0 unspecified atom stereocenters. The summed E-state index contributed by atoms with van der Waals surface area (Å²) in [6, 6.07) is 2.58. The lowest BCUT2D eigenvalue weighted by atomic mass is 10.4. The summed E-state index contributed by atoms with van der Waals surface area (Å²) in [5, 5.41) is 0. The van der Waals surface area contributed by atoms with Crippen molar-refractivity contribution in [2.45, 2.75) is 6.92 Å². The van der Waals surface area contributed by atoms with Crippen LogP contribution in [0.3, 0.4) is 0 Å². The van der Waals surface area contributed by atoms with Crippen LogP contribution in [-0.2, 0) is 0 Å². The topological polar surface area (TPSA) is 30.4 Å². The minimum atomic E-state index is 0.254. The first-order valence-corrected chi connectivity index (χ1v) is 3.16. The predicted molar refractivity (Wildman–Crippen MR) is 47.2 cm³/mol. The third-order valence-corrected chi connectivity index (χ3v) is 1.38. The van der Waals surface area contributed by atoms with Gasteiger partial charge in [-0.3, -0.25) is 0 Å². The Bertz CT molecular complexity index is 187. The van der Waals surface area contributed by atoms with Crippen LogP contribution >= 0.6 is 24.4 Å². The molecule has 0 aromatic heterocycles. The van der Waals surface area contributed by atoms with Crippen molar-refractivity contribution in [1.29, 1.82) is 0 Å². The van der Waals surface area contributed by atoms with E-state index < -0.39 is 0 Å². The van der Waals surface area contributed by atoms with Crippen molar-refractivity contribution in [2.24, 2.45) is 5.73 Å². The van der Waals surface area contributed by atoms with Crippen molar-refractivity contribution < 1.29 is 0 Å². The first-order chi connectivity index (χ1) is 4.18. The summed E-state index contributed by atoms with van der Waals surface area (Å²) in [7, 11) is 0. The Balaban J connectivity index is 3.74. The van der Waals surface area contributed by atoms with Crippen LogP contribution in [0.25, 0.3) is 4.85 Å². The van der Waals surface area contributed by atoms with Crippen LogP contribution in [0.15, 0.2) is 0 Å². The summed E-state index contributed by atoms with van der Waals surface area (Å²) in [6.07, 6.45) is 0. The Morgan fingerprint density at radius 2 is 2.22 bits per heavy atom. The lowest BCUT2D eigenvalue weighted by Crippen LogP contribution is -2.20. The average Bonchev–Trinajstić information content (AvgIpc) is 1.82. The lowest BCUT2D eigenvalue weighted by molar-refractivity contribution is 1.66. The predicted octanol–water partition coefficient (Wildman–Crippen LogP) is 0.995. The highest BCUT2D eigenvalue weighted by molar-refractivity contribution is 7.89. The van der Waals surface area contributed by atoms with Gasteiger partial charge in [0.05, 0.1) is 6.92 Å². The van der Waals surface area contributed by atoms with Gasteiger partial charge in [-0.2, -0.15) is 0 Å². The quantitative estimate of drug-likeness (QED) is 0.610. The molecule has 0 aliphatic heterocycles. The van der Waals surface area contributed by atoms with Gasteiger partial charge < -0.3 is 5.73 Å². The zero-order chi connectivity index (χ0) is 7.28. The van der Waals surface area contributed by atoms with E-state index >= 15 is 0 Å². The molecule has 0 aromatic rings. The maximum atomic E-state index is 5.18. The summed E-state index contributed by atoms with van der Waals surface area (Å²) in [5.41, 5.74) is 5.18. The highest BCUT2D eigenvalue weighted by Gasteiger charge is 2.03. The number of thiocarbonyl (C=S) groups is 2. The molecule has 0 saturated carbocycles. The fraction of sp³-hybridized carbons (Fsp3) is 0.400. The van der Waals surface area contributed by atoms with Gasteiger partial charge in [-0.25, -0.2) is 0 Å². The first-order valence-electron chi connectivity index (χ1n) is 2.34. The summed E-state index contributed by atoms with van der Waals surface area (Å²) < 4.78 is 0. The van der Waals surface area contributed by atoms with E-state index in [0.717, 1.165) is 0 Å². The molecular weight excluding hydrogens is 152 g/mol. The molecule has 0 saturated heterocycles. The molecule has 4 heteroatoms. The molecule has 0 aliphatic carbocycles. The van der Waals surface area contributed by atoms with Gasteiger partial charge in [-0.15, -0.1) is 0 Å². The number of nitrogens with two attached hydrogens (primary N) is 1. The second-order valence-electron chi connectivity index (χ2n) is 1.33. The highest BCUT2D eigenvalue weighted by atomic mass is 32.1. The van der Waals surface area contributed by atoms with Gasteiger partial charge in [0.15, 0.2) is 0 Å². The van der Waals surface area contributed by atoms with Gasteiger partial charge in [0.25, 0.3) is 6.07 Å². The van der Waals surface area contributed by atoms with Gasteiger partial charge in [-0.05, 0) is 0 Å². The van der Waals surface area contributed by atoms with E-state index in [2.05, 4.69) is 23.1 Å². The number of rotatable bonds is 2. The molecule has 2 N–H and O–H groups in total. The monoisotopic (exact) mass is 159 g/mol. The highest BCUT2D eigenvalue weighted by Crippen LogP contribution is 1.80. The third-order valence-electron chi connectivity index (χ3n) is 0.656. The second kappa shape index (κ2) is 4.36. The molecule has 0 atom stereocenters. The number of nitrogens with zero attached hydrogens (tertiary/aromatic N) is 1. The molecule has 0 spiro atoms. The van der Waals surface area contributed by atoms with Crippen LogP contribution in [0.4, 0.5) is 0 Å². The normalized spacial score (nSPS) is 7.22. The SMILES string of the molecule is CC#[N+]CC(=S)C(N)=S. The minimum Gasteiger partial charge on any atom is -0.389 e. The van der Waals surface area contributed by atoms with E-state index in [1.165, 1.54) is 0 Å². The molecule has 0 amide bonds. The van der Waals surface area contributed by atoms with Gasteiger partial charge in [-0.1, -0.05) is 29.3 Å². The first kappa shape index (κ1) is 8.47. The smallest absolute Gasteiger partial charge is 0.301 e. The number of hydrogen-bond donors (Lipinski definition) is 1. The summed E-state index contributed by atoms with van der Waals surface area (Å²) in [5.74, 6) is 0. The van der Waals surface area contributed by atoms with Crippen molar-refractivity contribution in [1.82, 2.24) is 0 Å². The molecule has 0 rings (SSSR count). The van der Waals surface area contributed by atoms with E-state index in [1.807, 2.05) is 0 Å². The van der Waals surface area contributed by atoms with E-state index in [0.29, 0.717) is 11.4 Å². The van der Waals surface area contributed by atoms with Gasteiger partial charge >= 0.3 is 6.54 Å². The maximum Gasteiger partial charge on any atom is 0.301 e. The van der Waals surface area contributed by atoms with E-state index in [-0.39, 0.29) is 4.99 Å². The Labute approximate surface area is 64.9 Å². The van der Waals surface area contributed by atoms with Crippen LogP contribution in [0.5, 0.6) is 0 Å². The van der Waals surface area contributed by atoms with Crippen molar-refractivity contribution in [3.63, 3.8) is 0 Å². The lowest BCUT2D eigenvalue weighted by Gasteiger charge is -1.84. The van der Waals surface area contributed by atoms with Crippen molar-refractivity contribution >= 4 is 34.3 Å². The number of hydrogen-bond acceptors (Lipinski definition) is 2.